The second-order valence-electron chi connectivity index (χ2n) is 3.81. The molecule has 0 N–H and O–H groups in total. The highest BCUT2D eigenvalue weighted by Gasteiger charge is 2.14. The second-order valence-corrected chi connectivity index (χ2v) is 4.67. The molecule has 1 aromatic heterocycles. The molecule has 0 aliphatic heterocycles. The zero-order valence-corrected chi connectivity index (χ0v) is 11.3. The number of fused-ring (bicyclic) bond motifs is 1. The fourth-order valence-corrected chi connectivity index (χ4v) is 2.22. The number of hydrogen-bond acceptors (Lipinski definition) is 3. The first-order valence-electron chi connectivity index (χ1n) is 5.48. The van der Waals surface area contributed by atoms with E-state index in [-0.39, 0.29) is 0 Å². The van der Waals surface area contributed by atoms with Crippen molar-refractivity contribution in [3.05, 3.63) is 46.9 Å². The number of methoxy groups -OCH3 is 1. The number of nitrogens with zero attached hydrogens (tertiary/aromatic N) is 1. The highest BCUT2D eigenvalue weighted by Crippen LogP contribution is 2.34. The van der Waals surface area contributed by atoms with E-state index in [1.165, 1.54) is 0 Å². The highest BCUT2D eigenvalue weighted by atomic mass is 79.9. The Balaban J connectivity index is 2.25. The molecular weight excluding hydrogens is 294 g/mol. The van der Waals surface area contributed by atoms with Gasteiger partial charge in [0.2, 0.25) is 5.89 Å². The Morgan fingerprint density at radius 1 is 1.11 bits per heavy atom. The number of oxazole rings is 1. The summed E-state index contributed by atoms with van der Waals surface area (Å²) in [7, 11) is 1.62. The lowest BCUT2D eigenvalue weighted by molar-refractivity contribution is 0.419. The summed E-state index contributed by atoms with van der Waals surface area (Å²) in [6.45, 7) is 0. The Kier molecular flexibility index (Phi) is 2.80. The van der Waals surface area contributed by atoms with E-state index in [1.54, 1.807) is 7.11 Å². The predicted molar refractivity (Wildman–Crippen MR) is 73.7 cm³/mol. The van der Waals surface area contributed by atoms with E-state index in [1.807, 2.05) is 42.5 Å². The van der Waals surface area contributed by atoms with Crippen LogP contribution in [0.5, 0.6) is 5.75 Å². The molecule has 4 heteroatoms. The van der Waals surface area contributed by atoms with E-state index in [0.717, 1.165) is 15.6 Å². The molecule has 0 aliphatic carbocycles. The zero-order chi connectivity index (χ0) is 12.5. The lowest BCUT2D eigenvalue weighted by atomic mass is 10.2. The number of halogens is 1. The molecule has 0 radical (unpaired) electrons. The van der Waals surface area contributed by atoms with Gasteiger partial charge in [-0.2, -0.15) is 0 Å². The molecule has 2 aromatic carbocycles. The van der Waals surface area contributed by atoms with Crippen molar-refractivity contribution in [3.8, 4) is 17.2 Å². The molecule has 0 spiro atoms. The first-order valence-corrected chi connectivity index (χ1v) is 6.27. The summed E-state index contributed by atoms with van der Waals surface area (Å²) in [6, 6.07) is 13.6. The molecule has 0 amide bonds. The van der Waals surface area contributed by atoms with Crippen LogP contribution in [0.3, 0.4) is 0 Å². The molecule has 0 atom stereocenters. The molecule has 0 saturated carbocycles. The van der Waals surface area contributed by atoms with Crippen LogP contribution in [-0.2, 0) is 0 Å². The summed E-state index contributed by atoms with van der Waals surface area (Å²) in [5.41, 5.74) is 2.38. The maximum atomic E-state index is 5.79. The summed E-state index contributed by atoms with van der Waals surface area (Å²) in [6.07, 6.45) is 0. The van der Waals surface area contributed by atoms with E-state index in [9.17, 15) is 0 Å². The Morgan fingerprint density at radius 3 is 2.61 bits per heavy atom. The van der Waals surface area contributed by atoms with Gasteiger partial charge in [-0.3, -0.25) is 0 Å². The lowest BCUT2D eigenvalue weighted by Gasteiger charge is -1.99. The number of benzene rings is 2. The molecular formula is C14H10BrNO2. The van der Waals surface area contributed by atoms with Gasteiger partial charge < -0.3 is 9.15 Å². The van der Waals surface area contributed by atoms with Crippen LogP contribution in [0.4, 0.5) is 0 Å². The van der Waals surface area contributed by atoms with Crippen LogP contribution in [0, 0.1) is 0 Å². The van der Waals surface area contributed by atoms with E-state index < -0.39 is 0 Å². The maximum absolute atomic E-state index is 5.79. The van der Waals surface area contributed by atoms with Crippen LogP contribution < -0.4 is 4.74 Å². The fourth-order valence-electron chi connectivity index (χ4n) is 1.82. The first kappa shape index (κ1) is 11.3. The van der Waals surface area contributed by atoms with Gasteiger partial charge in [-0.15, -0.1) is 0 Å². The minimum Gasteiger partial charge on any atom is -0.494 e. The van der Waals surface area contributed by atoms with Gasteiger partial charge in [0.1, 0.15) is 5.75 Å². The Bertz CT molecular complexity index is 692. The number of hydrogen-bond donors (Lipinski definition) is 0. The minimum absolute atomic E-state index is 0.593. The molecule has 3 nitrogen and oxygen atoms in total. The predicted octanol–water partition coefficient (Wildman–Crippen LogP) is 4.27. The largest absolute Gasteiger partial charge is 0.494 e. The molecule has 0 aliphatic rings. The summed E-state index contributed by atoms with van der Waals surface area (Å²) in [5.74, 6) is 1.30. The smallest absolute Gasteiger partial charge is 0.227 e. The van der Waals surface area contributed by atoms with E-state index in [4.69, 9.17) is 9.15 Å². The van der Waals surface area contributed by atoms with Crippen molar-refractivity contribution in [1.82, 2.24) is 4.98 Å². The Morgan fingerprint density at radius 2 is 1.89 bits per heavy atom. The Labute approximate surface area is 113 Å². The van der Waals surface area contributed by atoms with Crippen molar-refractivity contribution >= 4 is 27.0 Å². The normalized spacial score (nSPS) is 10.8. The van der Waals surface area contributed by atoms with Crippen LogP contribution in [0.25, 0.3) is 22.6 Å². The quantitative estimate of drug-likeness (QED) is 0.709. The summed E-state index contributed by atoms with van der Waals surface area (Å²) in [5, 5.41) is 0. The molecule has 0 saturated heterocycles. The molecule has 0 unspecified atom stereocenters. The van der Waals surface area contributed by atoms with Gasteiger partial charge >= 0.3 is 0 Å². The lowest BCUT2D eigenvalue weighted by Crippen LogP contribution is -1.84. The molecule has 90 valence electrons. The third-order valence-corrected chi connectivity index (χ3v) is 3.32. The van der Waals surface area contributed by atoms with Crippen LogP contribution in [0.15, 0.2) is 51.4 Å². The van der Waals surface area contributed by atoms with Gasteiger partial charge in [-0.1, -0.05) is 18.2 Å². The van der Waals surface area contributed by atoms with Crippen molar-refractivity contribution in [3.63, 3.8) is 0 Å². The van der Waals surface area contributed by atoms with Gasteiger partial charge in [0.05, 0.1) is 11.6 Å². The molecule has 3 rings (SSSR count). The summed E-state index contributed by atoms with van der Waals surface area (Å²) < 4.78 is 11.9. The SMILES string of the molecule is COc1ccc(Br)c2oc(-c3ccccc3)nc12. The monoisotopic (exact) mass is 303 g/mol. The maximum Gasteiger partial charge on any atom is 0.227 e. The molecule has 0 bridgehead atoms. The van der Waals surface area contributed by atoms with Crippen molar-refractivity contribution < 1.29 is 9.15 Å². The topological polar surface area (TPSA) is 35.3 Å². The van der Waals surface area contributed by atoms with E-state index >= 15 is 0 Å². The Hall–Kier alpha value is -1.81. The highest BCUT2D eigenvalue weighted by molar-refractivity contribution is 9.10. The first-order chi connectivity index (χ1) is 8.79. The number of ether oxygens (including phenoxy) is 1. The van der Waals surface area contributed by atoms with Crippen molar-refractivity contribution in [2.24, 2.45) is 0 Å². The summed E-state index contributed by atoms with van der Waals surface area (Å²) in [4.78, 5) is 4.49. The van der Waals surface area contributed by atoms with Gasteiger partial charge in [0.25, 0.3) is 0 Å². The van der Waals surface area contributed by atoms with Gasteiger partial charge in [-0.25, -0.2) is 4.98 Å². The second kappa shape index (κ2) is 4.46. The van der Waals surface area contributed by atoms with Gasteiger partial charge in [0.15, 0.2) is 11.1 Å². The third-order valence-electron chi connectivity index (χ3n) is 2.70. The average Bonchev–Trinajstić information content (AvgIpc) is 2.86. The average molecular weight is 304 g/mol. The van der Waals surface area contributed by atoms with Crippen LogP contribution in [0.1, 0.15) is 0 Å². The number of rotatable bonds is 2. The third kappa shape index (κ3) is 1.78. The van der Waals surface area contributed by atoms with Gasteiger partial charge in [-0.05, 0) is 40.2 Å². The van der Waals surface area contributed by atoms with Crippen LogP contribution in [0.2, 0.25) is 0 Å². The van der Waals surface area contributed by atoms with Crippen LogP contribution >= 0.6 is 15.9 Å². The molecule has 1 heterocycles. The molecule has 0 fully saturated rings. The van der Waals surface area contributed by atoms with Crippen LogP contribution in [-0.4, -0.2) is 12.1 Å². The molecule has 18 heavy (non-hydrogen) atoms. The minimum atomic E-state index is 0.593. The number of aromatic nitrogens is 1. The van der Waals surface area contributed by atoms with Crippen molar-refractivity contribution in [2.45, 2.75) is 0 Å². The summed E-state index contributed by atoms with van der Waals surface area (Å²) >= 11 is 3.46. The molecule has 3 aromatic rings. The van der Waals surface area contributed by atoms with Crippen molar-refractivity contribution in [1.29, 1.82) is 0 Å². The fraction of sp³-hybridized carbons (Fsp3) is 0.0714. The van der Waals surface area contributed by atoms with Gasteiger partial charge in [0, 0.05) is 5.56 Å². The van der Waals surface area contributed by atoms with Crippen molar-refractivity contribution in [2.75, 3.05) is 7.11 Å². The van der Waals surface area contributed by atoms with E-state index in [0.29, 0.717) is 17.2 Å². The van der Waals surface area contributed by atoms with E-state index in [2.05, 4.69) is 20.9 Å². The standard InChI is InChI=1S/C14H10BrNO2/c1-17-11-8-7-10(15)13-12(11)16-14(18-13)9-5-3-2-4-6-9/h2-8H,1H3. The zero-order valence-electron chi connectivity index (χ0n) is 9.68.